The van der Waals surface area contributed by atoms with Crippen molar-refractivity contribution in [3.05, 3.63) is 12.2 Å². The van der Waals surface area contributed by atoms with Gasteiger partial charge in [-0.3, -0.25) is 14.2 Å². The van der Waals surface area contributed by atoms with E-state index in [0.717, 1.165) is 44.9 Å². The van der Waals surface area contributed by atoms with E-state index in [1.807, 2.05) is 21.1 Å². The summed E-state index contributed by atoms with van der Waals surface area (Å²) in [6, 6.07) is 0. The highest BCUT2D eigenvalue weighted by Gasteiger charge is 2.22. The van der Waals surface area contributed by atoms with Crippen LogP contribution in [0, 0.1) is 0 Å². The molecule has 0 heterocycles. The highest BCUT2D eigenvalue weighted by atomic mass is 31.2. The first-order valence-electron chi connectivity index (χ1n) is 28.9. The molecule has 2 atom stereocenters. The smallest absolute Gasteiger partial charge is 0.306 e. The van der Waals surface area contributed by atoms with E-state index in [1.165, 1.54) is 212 Å². The molecule has 10 heteroatoms. The highest BCUT2D eigenvalue weighted by Crippen LogP contribution is 2.38. The molecule has 0 saturated heterocycles. The molecule has 0 amide bonds. The summed E-state index contributed by atoms with van der Waals surface area (Å²) >= 11 is 0. The fourth-order valence-corrected chi connectivity index (χ4v) is 9.26. The number of allylic oxidation sites excluding steroid dienone is 2. The second kappa shape index (κ2) is 49.7. The van der Waals surface area contributed by atoms with Gasteiger partial charge in [-0.25, -0.2) is 0 Å². The van der Waals surface area contributed by atoms with Crippen LogP contribution >= 0.6 is 7.82 Å². The minimum Gasteiger partial charge on any atom is -0.756 e. The molecule has 0 N–H and O–H groups in total. The molecule has 0 bridgehead atoms. The number of unbranched alkanes of at least 4 members (excludes halogenated alkanes) is 38. The Morgan fingerprint density at radius 2 is 0.761 bits per heavy atom. The number of carbonyl (C=O) groups excluding carboxylic acids is 2. The van der Waals surface area contributed by atoms with Gasteiger partial charge in [-0.15, -0.1) is 0 Å². The fraction of sp³-hybridized carbons (Fsp3) is 0.930. The van der Waals surface area contributed by atoms with Gasteiger partial charge in [0.2, 0.25) is 0 Å². The van der Waals surface area contributed by atoms with Crippen molar-refractivity contribution < 1.29 is 42.1 Å². The topological polar surface area (TPSA) is 111 Å². The monoisotopic (exact) mass is 970 g/mol. The van der Waals surface area contributed by atoms with Crippen molar-refractivity contribution in [1.82, 2.24) is 0 Å². The van der Waals surface area contributed by atoms with Crippen molar-refractivity contribution in [2.24, 2.45) is 0 Å². The second-order valence-electron chi connectivity index (χ2n) is 21.0. The van der Waals surface area contributed by atoms with E-state index in [0.29, 0.717) is 17.4 Å². The number of quaternary nitrogens is 1. The Morgan fingerprint density at radius 1 is 0.448 bits per heavy atom. The van der Waals surface area contributed by atoms with E-state index in [1.54, 1.807) is 0 Å². The molecule has 67 heavy (non-hydrogen) atoms. The Labute approximate surface area is 416 Å². The van der Waals surface area contributed by atoms with Gasteiger partial charge in [-0.2, -0.15) is 0 Å². The fourth-order valence-electron chi connectivity index (χ4n) is 8.54. The van der Waals surface area contributed by atoms with E-state index in [-0.39, 0.29) is 32.0 Å². The van der Waals surface area contributed by atoms with Crippen molar-refractivity contribution in [2.75, 3.05) is 47.5 Å². The predicted octanol–water partition coefficient (Wildman–Crippen LogP) is 17.0. The number of nitrogens with zero attached hydrogens (tertiary/aromatic N) is 1. The lowest BCUT2D eigenvalue weighted by Crippen LogP contribution is -2.37. The van der Waals surface area contributed by atoms with Crippen LogP contribution in [0.15, 0.2) is 12.2 Å². The summed E-state index contributed by atoms with van der Waals surface area (Å²) in [6.07, 6.45) is 56.9. The van der Waals surface area contributed by atoms with Crippen LogP contribution in [0.1, 0.15) is 290 Å². The third-order valence-corrected chi connectivity index (χ3v) is 14.0. The number of esters is 2. The van der Waals surface area contributed by atoms with E-state index in [9.17, 15) is 19.0 Å². The van der Waals surface area contributed by atoms with Gasteiger partial charge < -0.3 is 27.9 Å². The van der Waals surface area contributed by atoms with Crippen LogP contribution in [0.2, 0.25) is 0 Å². The SMILES string of the molecule is CCCCCCCC/C=C\CCCCCCCCCC(=O)OC(COC(=O)CCCCCCCCCCCCCCCCCCCCCCCCCCCC)COP(=O)([O-])OCC[N+](C)(C)C. The normalized spacial score (nSPS) is 13.3. The number of phosphoric acid groups is 1. The summed E-state index contributed by atoms with van der Waals surface area (Å²) in [4.78, 5) is 37.8. The van der Waals surface area contributed by atoms with Gasteiger partial charge in [0.05, 0.1) is 27.7 Å². The molecule has 0 aliphatic carbocycles. The van der Waals surface area contributed by atoms with Gasteiger partial charge in [0, 0.05) is 12.8 Å². The lowest BCUT2D eigenvalue weighted by atomic mass is 10.0. The van der Waals surface area contributed by atoms with Gasteiger partial charge in [-0.05, 0) is 38.5 Å². The second-order valence-corrected chi connectivity index (χ2v) is 22.4. The van der Waals surface area contributed by atoms with Gasteiger partial charge >= 0.3 is 11.9 Å². The highest BCUT2D eigenvalue weighted by molar-refractivity contribution is 7.45. The maximum Gasteiger partial charge on any atom is 0.306 e. The van der Waals surface area contributed by atoms with Crippen molar-refractivity contribution in [1.29, 1.82) is 0 Å². The third-order valence-electron chi connectivity index (χ3n) is 13.0. The number of ether oxygens (including phenoxy) is 2. The average molecular weight is 970 g/mol. The largest absolute Gasteiger partial charge is 0.756 e. The summed E-state index contributed by atoms with van der Waals surface area (Å²) < 4.78 is 34.1. The Balaban J connectivity index is 4.08. The number of likely N-dealkylation sites (N-methyl/N-ethyl adjacent to an activating group) is 1. The van der Waals surface area contributed by atoms with Crippen LogP contribution in [0.3, 0.4) is 0 Å². The summed E-state index contributed by atoms with van der Waals surface area (Å²) in [5.74, 6) is -0.821. The van der Waals surface area contributed by atoms with Gasteiger partial charge in [0.1, 0.15) is 19.8 Å². The molecule has 0 spiro atoms. The number of rotatable bonds is 54. The first-order valence-corrected chi connectivity index (χ1v) is 30.4. The minimum absolute atomic E-state index is 0.0281. The lowest BCUT2D eigenvalue weighted by molar-refractivity contribution is -0.870. The van der Waals surface area contributed by atoms with E-state index in [2.05, 4.69) is 26.0 Å². The van der Waals surface area contributed by atoms with E-state index in [4.69, 9.17) is 18.5 Å². The number of carbonyl (C=O) groups is 2. The molecule has 398 valence electrons. The number of hydrogen-bond donors (Lipinski definition) is 0. The molecular weight excluding hydrogens is 858 g/mol. The molecule has 0 radical (unpaired) electrons. The molecule has 2 unspecified atom stereocenters. The quantitative estimate of drug-likeness (QED) is 0.0195. The van der Waals surface area contributed by atoms with Crippen LogP contribution in [0.5, 0.6) is 0 Å². The minimum atomic E-state index is -4.63. The van der Waals surface area contributed by atoms with Crippen molar-refractivity contribution in [2.45, 2.75) is 296 Å². The molecular formula is C57H112NO8P. The molecule has 0 rings (SSSR count). The average Bonchev–Trinajstić information content (AvgIpc) is 3.29. The third kappa shape index (κ3) is 53.9. The van der Waals surface area contributed by atoms with Crippen LogP contribution < -0.4 is 4.89 Å². The molecule has 0 aromatic carbocycles. The summed E-state index contributed by atoms with van der Waals surface area (Å²) in [5.41, 5.74) is 0. The van der Waals surface area contributed by atoms with E-state index < -0.39 is 26.5 Å². The van der Waals surface area contributed by atoms with Gasteiger partial charge in [0.25, 0.3) is 7.82 Å². The molecule has 0 aromatic heterocycles. The van der Waals surface area contributed by atoms with Gasteiger partial charge in [0.15, 0.2) is 6.10 Å². The zero-order valence-electron chi connectivity index (χ0n) is 45.1. The zero-order chi connectivity index (χ0) is 49.2. The standard InChI is InChI=1S/C57H112NO8P/c1-6-8-10-12-14-16-18-20-22-24-25-26-27-28-29-30-31-32-34-35-37-39-41-43-45-47-49-56(59)63-53-55(54-65-67(61,62)64-52-51-58(3,4)5)66-57(60)50-48-46-44-42-40-38-36-33-23-21-19-17-15-13-11-9-7-2/h21,23,55H,6-20,22,24-54H2,1-5H3/b23-21-. The lowest BCUT2D eigenvalue weighted by Gasteiger charge is -2.28. The Hall–Kier alpha value is -1.25. The Kier molecular flexibility index (Phi) is 48.8. The predicted molar refractivity (Wildman–Crippen MR) is 282 cm³/mol. The first-order chi connectivity index (χ1) is 32.5. The van der Waals surface area contributed by atoms with Crippen LogP contribution in [-0.2, 0) is 32.7 Å². The summed E-state index contributed by atoms with van der Waals surface area (Å²) in [5, 5.41) is 0. The zero-order valence-corrected chi connectivity index (χ0v) is 46.0. The molecule has 0 fully saturated rings. The number of phosphoric ester groups is 1. The summed E-state index contributed by atoms with van der Waals surface area (Å²) in [6.45, 7) is 4.28. The molecule has 0 aromatic rings. The maximum atomic E-state index is 12.8. The molecule has 9 nitrogen and oxygen atoms in total. The molecule has 0 aliphatic heterocycles. The van der Waals surface area contributed by atoms with Crippen LogP contribution in [0.25, 0.3) is 0 Å². The van der Waals surface area contributed by atoms with Crippen LogP contribution in [0.4, 0.5) is 0 Å². The summed E-state index contributed by atoms with van der Waals surface area (Å²) in [7, 11) is 1.18. The maximum absolute atomic E-state index is 12.8. The number of hydrogen-bond acceptors (Lipinski definition) is 8. The van der Waals surface area contributed by atoms with Crippen molar-refractivity contribution in [3.8, 4) is 0 Å². The molecule has 0 saturated carbocycles. The van der Waals surface area contributed by atoms with E-state index >= 15 is 0 Å². The van der Waals surface area contributed by atoms with Crippen molar-refractivity contribution in [3.63, 3.8) is 0 Å². The molecule has 0 aliphatic rings. The Bertz CT molecular complexity index is 1140. The first kappa shape index (κ1) is 65.8. The van der Waals surface area contributed by atoms with Gasteiger partial charge in [-0.1, -0.05) is 251 Å². The Morgan fingerprint density at radius 3 is 1.10 bits per heavy atom. The van der Waals surface area contributed by atoms with Crippen molar-refractivity contribution >= 4 is 19.8 Å². The van der Waals surface area contributed by atoms with Crippen LogP contribution in [-0.4, -0.2) is 70.0 Å².